The first-order chi connectivity index (χ1) is 8.19. The van der Waals surface area contributed by atoms with Crippen molar-refractivity contribution >= 4 is 17.5 Å². The predicted octanol–water partition coefficient (Wildman–Crippen LogP) is 3.69. The van der Waals surface area contributed by atoms with E-state index in [1.54, 1.807) is 4.90 Å². The number of unbranched alkanes of at least 4 members (excludes halogenated alkanes) is 2. The van der Waals surface area contributed by atoms with Crippen LogP contribution in [0.15, 0.2) is 24.3 Å². The fourth-order valence-electron chi connectivity index (χ4n) is 1.71. The Morgan fingerprint density at radius 3 is 2.76 bits per heavy atom. The molecule has 2 nitrogen and oxygen atoms in total. The van der Waals surface area contributed by atoms with Crippen molar-refractivity contribution in [2.45, 2.75) is 32.1 Å². The van der Waals surface area contributed by atoms with E-state index in [1.807, 2.05) is 31.3 Å². The van der Waals surface area contributed by atoms with Gasteiger partial charge in [-0.2, -0.15) is 0 Å². The number of carbonyl (C=O) groups excluding carboxylic acids is 1. The number of alkyl halides is 1. The second-order valence-corrected chi connectivity index (χ2v) is 4.54. The van der Waals surface area contributed by atoms with Crippen LogP contribution in [0.5, 0.6) is 0 Å². The van der Waals surface area contributed by atoms with Crippen molar-refractivity contribution < 1.29 is 4.79 Å². The Bertz CT molecular complexity index is 365. The van der Waals surface area contributed by atoms with Crippen LogP contribution in [0.3, 0.4) is 0 Å². The number of amides is 1. The van der Waals surface area contributed by atoms with E-state index in [9.17, 15) is 4.79 Å². The van der Waals surface area contributed by atoms with Crippen LogP contribution < -0.4 is 0 Å². The van der Waals surface area contributed by atoms with E-state index in [2.05, 4.69) is 6.92 Å². The van der Waals surface area contributed by atoms with E-state index in [0.29, 0.717) is 5.88 Å². The maximum absolute atomic E-state index is 12.1. The summed E-state index contributed by atoms with van der Waals surface area (Å²) in [5.74, 6) is 0.522. The fraction of sp³-hybridized carbons (Fsp3) is 0.500. The van der Waals surface area contributed by atoms with Gasteiger partial charge in [-0.3, -0.25) is 4.79 Å². The van der Waals surface area contributed by atoms with Crippen LogP contribution >= 0.6 is 11.6 Å². The zero-order valence-corrected chi connectivity index (χ0v) is 11.3. The first-order valence-electron chi connectivity index (χ1n) is 6.09. The molecule has 1 rings (SSSR count). The molecule has 0 aliphatic heterocycles. The molecule has 3 heteroatoms. The smallest absolute Gasteiger partial charge is 0.253 e. The van der Waals surface area contributed by atoms with Gasteiger partial charge >= 0.3 is 0 Å². The van der Waals surface area contributed by atoms with Crippen LogP contribution in [0.25, 0.3) is 0 Å². The van der Waals surface area contributed by atoms with Gasteiger partial charge in [0.2, 0.25) is 0 Å². The molecular formula is C14H20ClNO. The van der Waals surface area contributed by atoms with Crippen molar-refractivity contribution in [1.82, 2.24) is 4.90 Å². The van der Waals surface area contributed by atoms with Crippen molar-refractivity contribution in [1.29, 1.82) is 0 Å². The van der Waals surface area contributed by atoms with Crippen molar-refractivity contribution in [3.8, 4) is 0 Å². The van der Waals surface area contributed by atoms with Crippen LogP contribution in [0.1, 0.15) is 42.1 Å². The lowest BCUT2D eigenvalue weighted by Gasteiger charge is -2.17. The summed E-state index contributed by atoms with van der Waals surface area (Å²) in [7, 11) is 1.85. The SMILES string of the molecule is CCCCCN(C)C(=O)c1cccc(CCl)c1. The number of hydrogen-bond donors (Lipinski definition) is 0. The van der Waals surface area contributed by atoms with Gasteiger partial charge in [0.15, 0.2) is 0 Å². The van der Waals surface area contributed by atoms with Crippen LogP contribution in [-0.2, 0) is 5.88 Å². The molecule has 0 radical (unpaired) electrons. The van der Waals surface area contributed by atoms with E-state index in [0.717, 1.165) is 24.1 Å². The predicted molar refractivity (Wildman–Crippen MR) is 72.5 cm³/mol. The van der Waals surface area contributed by atoms with Gasteiger partial charge in [0.25, 0.3) is 5.91 Å². The maximum atomic E-state index is 12.1. The van der Waals surface area contributed by atoms with Crippen LogP contribution in [0.2, 0.25) is 0 Å². The van der Waals surface area contributed by atoms with Gasteiger partial charge in [-0.1, -0.05) is 31.9 Å². The number of rotatable bonds is 6. The molecule has 0 atom stereocenters. The lowest BCUT2D eigenvalue weighted by atomic mass is 10.1. The van der Waals surface area contributed by atoms with Gasteiger partial charge in [0, 0.05) is 25.0 Å². The summed E-state index contributed by atoms with van der Waals surface area (Å²) in [5, 5.41) is 0. The van der Waals surface area contributed by atoms with Crippen LogP contribution in [-0.4, -0.2) is 24.4 Å². The monoisotopic (exact) mass is 253 g/mol. The molecule has 0 fully saturated rings. The van der Waals surface area contributed by atoms with Gasteiger partial charge in [-0.15, -0.1) is 11.6 Å². The Morgan fingerprint density at radius 2 is 2.12 bits per heavy atom. The number of nitrogens with zero attached hydrogens (tertiary/aromatic N) is 1. The molecule has 0 bridgehead atoms. The van der Waals surface area contributed by atoms with Gasteiger partial charge in [-0.05, 0) is 24.1 Å². The molecule has 0 aliphatic carbocycles. The second-order valence-electron chi connectivity index (χ2n) is 4.27. The average Bonchev–Trinajstić information content (AvgIpc) is 2.38. The molecule has 0 aliphatic rings. The number of halogens is 1. The molecule has 0 spiro atoms. The van der Waals surface area contributed by atoms with Gasteiger partial charge in [0.05, 0.1) is 0 Å². The molecule has 0 saturated heterocycles. The van der Waals surface area contributed by atoms with E-state index in [4.69, 9.17) is 11.6 Å². The van der Waals surface area contributed by atoms with Crippen LogP contribution in [0.4, 0.5) is 0 Å². The standard InChI is InChI=1S/C14H20ClNO/c1-3-4-5-9-16(2)14(17)13-8-6-7-12(10-13)11-15/h6-8,10H,3-5,9,11H2,1-2H3. The summed E-state index contributed by atoms with van der Waals surface area (Å²) in [6.07, 6.45) is 3.40. The summed E-state index contributed by atoms with van der Waals surface area (Å²) in [4.78, 5) is 13.9. The lowest BCUT2D eigenvalue weighted by Crippen LogP contribution is -2.27. The average molecular weight is 254 g/mol. The first-order valence-corrected chi connectivity index (χ1v) is 6.62. The first kappa shape index (κ1) is 14.0. The third-order valence-corrected chi connectivity index (χ3v) is 3.08. The number of carbonyl (C=O) groups is 1. The van der Waals surface area contributed by atoms with Gasteiger partial charge in [-0.25, -0.2) is 0 Å². The Hall–Kier alpha value is -1.02. The molecule has 1 aromatic rings. The highest BCUT2D eigenvalue weighted by Gasteiger charge is 2.11. The molecule has 0 N–H and O–H groups in total. The molecular weight excluding hydrogens is 234 g/mol. The fourth-order valence-corrected chi connectivity index (χ4v) is 1.87. The minimum atomic E-state index is 0.0769. The van der Waals surface area contributed by atoms with Crippen molar-refractivity contribution in [3.63, 3.8) is 0 Å². The van der Waals surface area contributed by atoms with E-state index in [1.165, 1.54) is 12.8 Å². The quantitative estimate of drug-likeness (QED) is 0.559. The largest absolute Gasteiger partial charge is 0.342 e. The number of benzene rings is 1. The third kappa shape index (κ3) is 4.39. The molecule has 0 saturated carbocycles. The topological polar surface area (TPSA) is 20.3 Å². The van der Waals surface area contributed by atoms with E-state index >= 15 is 0 Å². The molecule has 94 valence electrons. The van der Waals surface area contributed by atoms with Gasteiger partial charge < -0.3 is 4.90 Å². The van der Waals surface area contributed by atoms with Crippen molar-refractivity contribution in [3.05, 3.63) is 35.4 Å². The van der Waals surface area contributed by atoms with Gasteiger partial charge in [0.1, 0.15) is 0 Å². The molecule has 0 unspecified atom stereocenters. The minimum Gasteiger partial charge on any atom is -0.342 e. The normalized spacial score (nSPS) is 10.3. The minimum absolute atomic E-state index is 0.0769. The molecule has 17 heavy (non-hydrogen) atoms. The Balaban J connectivity index is 2.61. The van der Waals surface area contributed by atoms with E-state index in [-0.39, 0.29) is 5.91 Å². The highest BCUT2D eigenvalue weighted by molar-refractivity contribution is 6.17. The highest BCUT2D eigenvalue weighted by Crippen LogP contribution is 2.10. The highest BCUT2D eigenvalue weighted by atomic mass is 35.5. The Labute approximate surface area is 109 Å². The zero-order valence-electron chi connectivity index (χ0n) is 10.6. The summed E-state index contributed by atoms with van der Waals surface area (Å²) >= 11 is 5.76. The zero-order chi connectivity index (χ0) is 12.7. The summed E-state index contributed by atoms with van der Waals surface area (Å²) in [5.41, 5.74) is 1.71. The lowest BCUT2D eigenvalue weighted by molar-refractivity contribution is 0.0792. The summed E-state index contributed by atoms with van der Waals surface area (Å²) in [6.45, 7) is 2.98. The maximum Gasteiger partial charge on any atom is 0.253 e. The Morgan fingerprint density at radius 1 is 1.35 bits per heavy atom. The molecule has 0 aromatic heterocycles. The Kier molecular flexibility index (Phi) is 6.06. The molecule has 0 heterocycles. The summed E-state index contributed by atoms with van der Waals surface area (Å²) < 4.78 is 0. The third-order valence-electron chi connectivity index (χ3n) is 2.77. The second kappa shape index (κ2) is 7.33. The summed E-state index contributed by atoms with van der Waals surface area (Å²) in [6, 6.07) is 7.52. The molecule has 1 amide bonds. The van der Waals surface area contributed by atoms with E-state index < -0.39 is 0 Å². The van der Waals surface area contributed by atoms with Crippen LogP contribution in [0, 0.1) is 0 Å². The molecule has 1 aromatic carbocycles. The van der Waals surface area contributed by atoms with Crippen molar-refractivity contribution in [2.75, 3.05) is 13.6 Å². The van der Waals surface area contributed by atoms with Crippen molar-refractivity contribution in [2.24, 2.45) is 0 Å². The number of hydrogen-bond acceptors (Lipinski definition) is 1.